The summed E-state index contributed by atoms with van der Waals surface area (Å²) in [4.78, 5) is 14.4. The van der Waals surface area contributed by atoms with E-state index in [0.717, 1.165) is 12.8 Å². The average Bonchev–Trinajstić information content (AvgIpc) is 2.72. The van der Waals surface area contributed by atoms with Crippen molar-refractivity contribution >= 4 is 21.8 Å². The summed E-state index contributed by atoms with van der Waals surface area (Å²) >= 11 is 3.23. The first kappa shape index (κ1) is 14.1. The number of phenols is 1. The van der Waals surface area contributed by atoms with Crippen molar-refractivity contribution in [2.75, 3.05) is 13.1 Å². The molecule has 0 saturated carbocycles. The van der Waals surface area contributed by atoms with E-state index in [1.54, 1.807) is 12.1 Å². The van der Waals surface area contributed by atoms with Crippen LogP contribution in [-0.4, -0.2) is 29.0 Å². The van der Waals surface area contributed by atoms with Gasteiger partial charge in [-0.1, -0.05) is 24.3 Å². The average molecular weight is 346 g/mol. The third kappa shape index (κ3) is 2.95. The first-order valence-corrected chi connectivity index (χ1v) is 7.79. The largest absolute Gasteiger partial charge is 0.507 e. The minimum atomic E-state index is -0.0226. The molecule has 0 spiro atoms. The molecule has 2 aromatic carbocycles. The third-order valence-corrected chi connectivity index (χ3v) is 4.57. The van der Waals surface area contributed by atoms with Crippen LogP contribution in [0, 0.1) is 0 Å². The minimum absolute atomic E-state index is 0.0226. The SMILES string of the molecule is O=C(c1ccc(Br)c(O)c1)N1CCc2ccccc2CC1. The van der Waals surface area contributed by atoms with Crippen molar-refractivity contribution in [1.29, 1.82) is 0 Å². The van der Waals surface area contributed by atoms with Crippen molar-refractivity contribution in [3.63, 3.8) is 0 Å². The number of benzene rings is 2. The van der Waals surface area contributed by atoms with Gasteiger partial charge in [-0.25, -0.2) is 0 Å². The maximum Gasteiger partial charge on any atom is 0.254 e. The fourth-order valence-electron chi connectivity index (χ4n) is 2.70. The van der Waals surface area contributed by atoms with Gasteiger partial charge in [-0.3, -0.25) is 4.79 Å². The Morgan fingerprint density at radius 1 is 1.05 bits per heavy atom. The smallest absolute Gasteiger partial charge is 0.254 e. The molecular weight excluding hydrogens is 330 g/mol. The normalized spacial score (nSPS) is 14.4. The lowest BCUT2D eigenvalue weighted by atomic mass is 10.0. The molecule has 1 aliphatic rings. The highest BCUT2D eigenvalue weighted by molar-refractivity contribution is 9.10. The standard InChI is InChI=1S/C17H16BrNO2/c18-15-6-5-14(11-16(15)20)17(21)19-9-7-12-3-1-2-4-13(12)8-10-19/h1-6,11,20H,7-10H2. The van der Waals surface area contributed by atoms with Crippen LogP contribution in [0.15, 0.2) is 46.9 Å². The number of rotatable bonds is 1. The van der Waals surface area contributed by atoms with Crippen LogP contribution in [0.5, 0.6) is 5.75 Å². The summed E-state index contributed by atoms with van der Waals surface area (Å²) in [6, 6.07) is 13.3. The highest BCUT2D eigenvalue weighted by atomic mass is 79.9. The number of aromatic hydroxyl groups is 1. The van der Waals surface area contributed by atoms with E-state index in [0.29, 0.717) is 23.1 Å². The molecule has 21 heavy (non-hydrogen) atoms. The zero-order chi connectivity index (χ0) is 14.8. The molecule has 0 unspecified atom stereocenters. The summed E-state index contributed by atoms with van der Waals surface area (Å²) < 4.78 is 0.599. The van der Waals surface area contributed by atoms with Gasteiger partial charge >= 0.3 is 0 Å². The number of carbonyl (C=O) groups excluding carboxylic acids is 1. The van der Waals surface area contributed by atoms with E-state index < -0.39 is 0 Å². The zero-order valence-corrected chi connectivity index (χ0v) is 13.1. The number of hydrogen-bond acceptors (Lipinski definition) is 2. The molecular formula is C17H16BrNO2. The molecule has 1 aliphatic heterocycles. The fourth-order valence-corrected chi connectivity index (χ4v) is 2.95. The Labute approximate surface area is 132 Å². The molecule has 0 atom stereocenters. The van der Waals surface area contributed by atoms with Crippen molar-refractivity contribution in [2.45, 2.75) is 12.8 Å². The number of phenolic OH excluding ortho intramolecular Hbond substituents is 1. The predicted molar refractivity (Wildman–Crippen MR) is 85.6 cm³/mol. The Balaban J connectivity index is 1.79. The second-order valence-electron chi connectivity index (χ2n) is 5.23. The van der Waals surface area contributed by atoms with Crippen LogP contribution in [0.1, 0.15) is 21.5 Å². The molecule has 1 heterocycles. The molecule has 0 saturated heterocycles. The predicted octanol–water partition coefficient (Wildman–Crippen LogP) is 3.40. The van der Waals surface area contributed by atoms with Gasteiger partial charge in [0.15, 0.2) is 0 Å². The van der Waals surface area contributed by atoms with E-state index in [2.05, 4.69) is 28.1 Å². The van der Waals surface area contributed by atoms with Gasteiger partial charge in [-0.2, -0.15) is 0 Å². The number of hydrogen-bond donors (Lipinski definition) is 1. The Morgan fingerprint density at radius 2 is 1.67 bits per heavy atom. The Morgan fingerprint density at radius 3 is 2.24 bits per heavy atom. The van der Waals surface area contributed by atoms with Crippen molar-refractivity contribution in [3.05, 3.63) is 63.6 Å². The summed E-state index contributed by atoms with van der Waals surface area (Å²) in [7, 11) is 0. The quantitative estimate of drug-likeness (QED) is 0.860. The number of fused-ring (bicyclic) bond motifs is 1. The zero-order valence-electron chi connectivity index (χ0n) is 11.6. The first-order chi connectivity index (χ1) is 10.1. The van der Waals surface area contributed by atoms with Crippen molar-refractivity contribution < 1.29 is 9.90 Å². The van der Waals surface area contributed by atoms with E-state index in [1.165, 1.54) is 17.2 Å². The van der Waals surface area contributed by atoms with Gasteiger partial charge < -0.3 is 10.0 Å². The van der Waals surface area contributed by atoms with Crippen LogP contribution in [0.25, 0.3) is 0 Å². The Bertz CT molecular complexity index is 657. The number of halogens is 1. The van der Waals surface area contributed by atoms with Gasteiger partial charge in [0.1, 0.15) is 5.75 Å². The second-order valence-corrected chi connectivity index (χ2v) is 6.08. The van der Waals surface area contributed by atoms with Crippen LogP contribution in [-0.2, 0) is 12.8 Å². The minimum Gasteiger partial charge on any atom is -0.507 e. The maximum absolute atomic E-state index is 12.6. The lowest BCUT2D eigenvalue weighted by Crippen LogP contribution is -2.33. The van der Waals surface area contributed by atoms with Gasteiger partial charge in [0.2, 0.25) is 0 Å². The topological polar surface area (TPSA) is 40.5 Å². The molecule has 0 fully saturated rings. The molecule has 4 heteroatoms. The van der Waals surface area contributed by atoms with Crippen LogP contribution < -0.4 is 0 Å². The molecule has 3 nitrogen and oxygen atoms in total. The van der Waals surface area contributed by atoms with Crippen molar-refractivity contribution in [2.24, 2.45) is 0 Å². The maximum atomic E-state index is 12.6. The van der Waals surface area contributed by atoms with E-state index in [4.69, 9.17) is 0 Å². The highest BCUT2D eigenvalue weighted by Gasteiger charge is 2.20. The van der Waals surface area contributed by atoms with E-state index in [9.17, 15) is 9.90 Å². The van der Waals surface area contributed by atoms with Gasteiger partial charge in [0, 0.05) is 18.7 Å². The number of carbonyl (C=O) groups is 1. The molecule has 0 radical (unpaired) electrons. The van der Waals surface area contributed by atoms with E-state index in [-0.39, 0.29) is 11.7 Å². The summed E-state index contributed by atoms with van der Waals surface area (Å²) in [5, 5.41) is 9.73. The van der Waals surface area contributed by atoms with Gasteiger partial charge in [0.25, 0.3) is 5.91 Å². The highest BCUT2D eigenvalue weighted by Crippen LogP contribution is 2.25. The fraction of sp³-hybridized carbons (Fsp3) is 0.235. The summed E-state index contributed by atoms with van der Waals surface area (Å²) in [5.41, 5.74) is 3.18. The van der Waals surface area contributed by atoms with Gasteiger partial charge in [0.05, 0.1) is 4.47 Å². The molecule has 0 aromatic heterocycles. The lowest BCUT2D eigenvalue weighted by Gasteiger charge is -2.20. The van der Waals surface area contributed by atoms with Crippen LogP contribution >= 0.6 is 15.9 Å². The molecule has 108 valence electrons. The summed E-state index contributed by atoms with van der Waals surface area (Å²) in [5.74, 6) is 0.0737. The van der Waals surface area contributed by atoms with Crippen LogP contribution in [0.3, 0.4) is 0 Å². The molecule has 3 rings (SSSR count). The van der Waals surface area contributed by atoms with Crippen LogP contribution in [0.4, 0.5) is 0 Å². The number of amides is 1. The van der Waals surface area contributed by atoms with Gasteiger partial charge in [-0.05, 0) is 58.1 Å². The molecule has 0 aliphatic carbocycles. The molecule has 1 N–H and O–H groups in total. The monoisotopic (exact) mass is 345 g/mol. The van der Waals surface area contributed by atoms with Crippen molar-refractivity contribution in [3.8, 4) is 5.75 Å². The Hall–Kier alpha value is -1.81. The molecule has 1 amide bonds. The van der Waals surface area contributed by atoms with Gasteiger partial charge in [-0.15, -0.1) is 0 Å². The van der Waals surface area contributed by atoms with E-state index in [1.807, 2.05) is 17.0 Å². The third-order valence-electron chi connectivity index (χ3n) is 3.90. The number of nitrogens with zero attached hydrogens (tertiary/aromatic N) is 1. The summed E-state index contributed by atoms with van der Waals surface area (Å²) in [6.45, 7) is 1.43. The first-order valence-electron chi connectivity index (χ1n) is 7.00. The lowest BCUT2D eigenvalue weighted by molar-refractivity contribution is 0.0762. The second kappa shape index (κ2) is 5.90. The Kier molecular flexibility index (Phi) is 3.97. The summed E-state index contributed by atoms with van der Waals surface area (Å²) in [6.07, 6.45) is 1.76. The van der Waals surface area contributed by atoms with Crippen LogP contribution in [0.2, 0.25) is 0 Å². The molecule has 0 bridgehead atoms. The van der Waals surface area contributed by atoms with Crippen molar-refractivity contribution in [1.82, 2.24) is 4.90 Å². The van der Waals surface area contributed by atoms with E-state index >= 15 is 0 Å². The molecule has 2 aromatic rings.